The van der Waals surface area contributed by atoms with Crippen molar-refractivity contribution in [2.45, 2.75) is 30.4 Å². The molecule has 3 fully saturated rings. The van der Waals surface area contributed by atoms with E-state index in [4.69, 9.17) is 16.7 Å². The Bertz CT molecular complexity index is 627. The zero-order valence-electron chi connectivity index (χ0n) is 11.6. The van der Waals surface area contributed by atoms with Gasteiger partial charge < -0.3 is 10.0 Å². The van der Waals surface area contributed by atoms with E-state index in [0.717, 1.165) is 32.5 Å². The Kier molecular flexibility index (Phi) is 4.25. The molecular weight excluding hydrogens is 312 g/mol. The molecule has 0 amide bonds. The summed E-state index contributed by atoms with van der Waals surface area (Å²) in [5.41, 5.74) is 0.526. The van der Waals surface area contributed by atoms with Crippen molar-refractivity contribution in [3.8, 4) is 0 Å². The number of sulfonamides is 1. The maximum atomic E-state index is 12.5. The molecular formula is C14H19ClN2O3S. The molecule has 5 nitrogen and oxygen atoms in total. The molecule has 1 aromatic carbocycles. The fraction of sp³-hybridized carbons (Fsp3) is 0.571. The van der Waals surface area contributed by atoms with Gasteiger partial charge in [-0.15, -0.1) is 0 Å². The molecule has 2 N–H and O–H groups in total. The molecule has 1 atom stereocenters. The Hall–Kier alpha value is -0.660. The highest BCUT2D eigenvalue weighted by Crippen LogP contribution is 2.29. The van der Waals surface area contributed by atoms with Crippen molar-refractivity contribution in [1.29, 1.82) is 0 Å². The van der Waals surface area contributed by atoms with E-state index in [9.17, 15) is 8.42 Å². The van der Waals surface area contributed by atoms with Crippen LogP contribution in [0.5, 0.6) is 0 Å². The van der Waals surface area contributed by atoms with Gasteiger partial charge in [0.15, 0.2) is 0 Å². The second-order valence-electron chi connectivity index (χ2n) is 5.78. The maximum Gasteiger partial charge on any atom is 0.240 e. The molecule has 0 spiro atoms. The number of nitrogens with one attached hydrogen (secondary N) is 1. The van der Waals surface area contributed by atoms with Gasteiger partial charge in [0.05, 0.1) is 11.5 Å². The van der Waals surface area contributed by atoms with Crippen molar-refractivity contribution in [2.24, 2.45) is 5.92 Å². The minimum atomic E-state index is -3.57. The second-order valence-corrected chi connectivity index (χ2v) is 7.90. The first kappa shape index (κ1) is 15.2. The van der Waals surface area contributed by atoms with Gasteiger partial charge in [0.2, 0.25) is 10.0 Å². The van der Waals surface area contributed by atoms with Crippen LogP contribution >= 0.6 is 11.6 Å². The smallest absolute Gasteiger partial charge is 0.240 e. The van der Waals surface area contributed by atoms with Crippen LogP contribution in [0.4, 0.5) is 0 Å². The van der Waals surface area contributed by atoms with Gasteiger partial charge in [-0.2, -0.15) is 0 Å². The fourth-order valence-electron chi connectivity index (χ4n) is 3.19. The monoisotopic (exact) mass is 330 g/mol. The predicted octanol–water partition coefficient (Wildman–Crippen LogP) is 1.20. The zero-order chi connectivity index (χ0) is 15.0. The number of nitrogens with zero attached hydrogens (tertiary/aromatic N) is 1. The molecule has 3 heterocycles. The summed E-state index contributed by atoms with van der Waals surface area (Å²) in [6.07, 6.45) is 2.11. The summed E-state index contributed by atoms with van der Waals surface area (Å²) < 4.78 is 27.8. The number of hydrogen-bond donors (Lipinski definition) is 2. The summed E-state index contributed by atoms with van der Waals surface area (Å²) in [7, 11) is -3.57. The van der Waals surface area contributed by atoms with Crippen molar-refractivity contribution in [3.05, 3.63) is 28.8 Å². The summed E-state index contributed by atoms with van der Waals surface area (Å²) in [5, 5.41) is 9.36. The van der Waals surface area contributed by atoms with Crippen molar-refractivity contribution in [3.63, 3.8) is 0 Å². The largest absolute Gasteiger partial charge is 0.392 e. The average molecular weight is 331 g/mol. The lowest BCUT2D eigenvalue weighted by molar-refractivity contribution is 0.0827. The quantitative estimate of drug-likeness (QED) is 0.870. The number of halogens is 1. The Morgan fingerprint density at radius 1 is 1.33 bits per heavy atom. The number of fused-ring (bicyclic) bond motifs is 3. The molecule has 0 saturated carbocycles. The lowest BCUT2D eigenvalue weighted by Crippen LogP contribution is -2.57. The molecule has 7 heteroatoms. The Labute approximate surface area is 130 Å². The van der Waals surface area contributed by atoms with E-state index in [1.165, 1.54) is 12.1 Å². The van der Waals surface area contributed by atoms with Crippen LogP contribution in [0.3, 0.4) is 0 Å². The number of aliphatic hydroxyl groups is 1. The third-order valence-electron chi connectivity index (χ3n) is 4.47. The van der Waals surface area contributed by atoms with Crippen LogP contribution in [0.15, 0.2) is 23.1 Å². The molecule has 21 heavy (non-hydrogen) atoms. The number of aliphatic hydroxyl groups excluding tert-OH is 1. The van der Waals surface area contributed by atoms with Crippen LogP contribution in [0.2, 0.25) is 5.02 Å². The molecule has 2 bridgehead atoms. The van der Waals surface area contributed by atoms with Crippen LogP contribution in [-0.2, 0) is 16.6 Å². The van der Waals surface area contributed by atoms with Crippen molar-refractivity contribution in [2.75, 3.05) is 19.6 Å². The minimum Gasteiger partial charge on any atom is -0.392 e. The van der Waals surface area contributed by atoms with Crippen LogP contribution in [-0.4, -0.2) is 44.1 Å². The molecule has 1 aromatic rings. The lowest BCUT2D eigenvalue weighted by Gasteiger charge is -2.44. The first-order chi connectivity index (χ1) is 9.99. The predicted molar refractivity (Wildman–Crippen MR) is 80.6 cm³/mol. The highest BCUT2D eigenvalue weighted by Gasteiger charge is 2.36. The van der Waals surface area contributed by atoms with E-state index in [2.05, 4.69) is 9.62 Å². The summed E-state index contributed by atoms with van der Waals surface area (Å²) in [4.78, 5) is 2.45. The van der Waals surface area contributed by atoms with Crippen molar-refractivity contribution in [1.82, 2.24) is 9.62 Å². The van der Waals surface area contributed by atoms with Gasteiger partial charge in [-0.1, -0.05) is 17.7 Å². The van der Waals surface area contributed by atoms with Crippen LogP contribution in [0.25, 0.3) is 0 Å². The topological polar surface area (TPSA) is 69.6 Å². The van der Waals surface area contributed by atoms with Gasteiger partial charge in [-0.3, -0.25) is 0 Å². The van der Waals surface area contributed by atoms with Gasteiger partial charge in [-0.25, -0.2) is 13.1 Å². The van der Waals surface area contributed by atoms with E-state index in [0.29, 0.717) is 11.5 Å². The first-order valence-electron chi connectivity index (χ1n) is 7.13. The Morgan fingerprint density at radius 3 is 2.57 bits per heavy atom. The fourth-order valence-corrected chi connectivity index (χ4v) is 4.82. The molecule has 0 aliphatic carbocycles. The SMILES string of the molecule is O=S(=O)(NC1CN2CCC1CC2)c1ccc(CO)c(Cl)c1. The number of hydrogen-bond acceptors (Lipinski definition) is 4. The van der Waals surface area contributed by atoms with Gasteiger partial charge in [0.25, 0.3) is 0 Å². The van der Waals surface area contributed by atoms with E-state index in [-0.39, 0.29) is 22.6 Å². The highest BCUT2D eigenvalue weighted by atomic mass is 35.5. The van der Waals surface area contributed by atoms with Crippen LogP contribution < -0.4 is 4.72 Å². The maximum absolute atomic E-state index is 12.5. The van der Waals surface area contributed by atoms with Gasteiger partial charge in [0.1, 0.15) is 0 Å². The average Bonchev–Trinajstić information content (AvgIpc) is 2.48. The van der Waals surface area contributed by atoms with Gasteiger partial charge in [0, 0.05) is 17.6 Å². The summed E-state index contributed by atoms with van der Waals surface area (Å²) >= 11 is 5.98. The second kappa shape index (κ2) is 5.85. The standard InChI is InChI=1S/C14H19ClN2O3S/c15-13-7-12(2-1-11(13)9-18)21(19,20)16-14-8-17-5-3-10(14)4-6-17/h1-2,7,10,14,16,18H,3-6,8-9H2. The Balaban J connectivity index is 1.79. The molecule has 0 radical (unpaired) electrons. The summed E-state index contributed by atoms with van der Waals surface area (Å²) in [5.74, 6) is 0.428. The third-order valence-corrected chi connectivity index (χ3v) is 6.31. The highest BCUT2D eigenvalue weighted by molar-refractivity contribution is 7.89. The molecule has 4 rings (SSSR count). The minimum absolute atomic E-state index is 0.0196. The third kappa shape index (κ3) is 3.10. The van der Waals surface area contributed by atoms with Crippen molar-refractivity contribution >= 4 is 21.6 Å². The zero-order valence-corrected chi connectivity index (χ0v) is 13.2. The van der Waals surface area contributed by atoms with E-state index >= 15 is 0 Å². The molecule has 116 valence electrons. The molecule has 0 aromatic heterocycles. The number of rotatable bonds is 4. The van der Waals surface area contributed by atoms with Crippen molar-refractivity contribution < 1.29 is 13.5 Å². The van der Waals surface area contributed by atoms with E-state index < -0.39 is 10.0 Å². The van der Waals surface area contributed by atoms with Gasteiger partial charge in [-0.05, 0) is 49.5 Å². The summed E-state index contributed by atoms with van der Waals surface area (Å²) in [6.45, 7) is 2.72. The first-order valence-corrected chi connectivity index (χ1v) is 8.99. The van der Waals surface area contributed by atoms with E-state index in [1.54, 1.807) is 6.07 Å². The number of benzene rings is 1. The number of piperidine rings is 3. The molecule has 3 saturated heterocycles. The van der Waals surface area contributed by atoms with Crippen LogP contribution in [0, 0.1) is 5.92 Å². The van der Waals surface area contributed by atoms with Crippen LogP contribution in [0.1, 0.15) is 18.4 Å². The normalized spacial score (nSPS) is 28.8. The molecule has 3 aliphatic rings. The Morgan fingerprint density at radius 2 is 2.05 bits per heavy atom. The molecule has 3 aliphatic heterocycles. The summed E-state index contributed by atoms with van der Waals surface area (Å²) in [6, 6.07) is 4.42. The molecule has 1 unspecified atom stereocenters. The van der Waals surface area contributed by atoms with E-state index in [1.807, 2.05) is 0 Å². The lowest BCUT2D eigenvalue weighted by atomic mass is 9.85. The van der Waals surface area contributed by atoms with Gasteiger partial charge >= 0.3 is 0 Å².